The monoisotopic (exact) mass is 277 g/mol. The zero-order valence-corrected chi connectivity index (χ0v) is 12.1. The molecule has 102 valence electrons. The number of nitrogens with zero attached hydrogens (tertiary/aromatic N) is 2. The van der Waals surface area contributed by atoms with Crippen molar-refractivity contribution >= 4 is 11.3 Å². The van der Waals surface area contributed by atoms with Gasteiger partial charge in [0.2, 0.25) is 0 Å². The van der Waals surface area contributed by atoms with Gasteiger partial charge in [-0.1, -0.05) is 6.07 Å². The molecule has 5 heteroatoms. The van der Waals surface area contributed by atoms with Crippen molar-refractivity contribution in [2.75, 3.05) is 13.2 Å². The number of hydrogen-bond donors (Lipinski definition) is 1. The Labute approximate surface area is 117 Å². The van der Waals surface area contributed by atoms with Gasteiger partial charge < -0.3 is 10.1 Å². The van der Waals surface area contributed by atoms with Crippen molar-refractivity contribution in [3.8, 4) is 10.7 Å². The summed E-state index contributed by atoms with van der Waals surface area (Å²) in [5.74, 6) is 0. The number of thiazole rings is 1. The van der Waals surface area contributed by atoms with Gasteiger partial charge in [0.25, 0.3) is 0 Å². The van der Waals surface area contributed by atoms with Crippen LogP contribution in [0.25, 0.3) is 10.7 Å². The Morgan fingerprint density at radius 2 is 2.26 bits per heavy atom. The molecule has 0 bridgehead atoms. The van der Waals surface area contributed by atoms with Gasteiger partial charge in [-0.3, -0.25) is 4.98 Å². The SMILES string of the molecule is CC(C)OCCNCc1csc(-c2ccccn2)n1. The van der Waals surface area contributed by atoms with Crippen molar-refractivity contribution in [2.24, 2.45) is 0 Å². The van der Waals surface area contributed by atoms with E-state index in [0.717, 1.165) is 36.1 Å². The standard InChI is InChI=1S/C14H19N3OS/c1-11(2)18-8-7-15-9-12-10-19-14(17-12)13-5-3-4-6-16-13/h3-6,10-11,15H,7-9H2,1-2H3. The van der Waals surface area contributed by atoms with Crippen molar-refractivity contribution in [3.05, 3.63) is 35.5 Å². The van der Waals surface area contributed by atoms with Gasteiger partial charge in [0.1, 0.15) is 5.01 Å². The van der Waals surface area contributed by atoms with Crippen molar-refractivity contribution < 1.29 is 4.74 Å². The van der Waals surface area contributed by atoms with E-state index in [1.807, 2.05) is 32.0 Å². The van der Waals surface area contributed by atoms with Crippen molar-refractivity contribution in [2.45, 2.75) is 26.5 Å². The zero-order chi connectivity index (χ0) is 13.5. The van der Waals surface area contributed by atoms with Crippen molar-refractivity contribution in [1.29, 1.82) is 0 Å². The molecule has 0 aliphatic rings. The maximum Gasteiger partial charge on any atom is 0.142 e. The molecule has 0 spiro atoms. The highest BCUT2D eigenvalue weighted by atomic mass is 32.1. The van der Waals surface area contributed by atoms with E-state index < -0.39 is 0 Å². The third-order valence-corrected chi connectivity index (χ3v) is 3.39. The summed E-state index contributed by atoms with van der Waals surface area (Å²) in [4.78, 5) is 8.86. The Bertz CT molecular complexity index is 484. The minimum absolute atomic E-state index is 0.289. The second kappa shape index (κ2) is 7.33. The molecule has 2 aromatic rings. The van der Waals surface area contributed by atoms with E-state index in [1.165, 1.54) is 0 Å². The lowest BCUT2D eigenvalue weighted by Gasteiger charge is -2.07. The van der Waals surface area contributed by atoms with Gasteiger partial charge >= 0.3 is 0 Å². The largest absolute Gasteiger partial charge is 0.377 e. The van der Waals surface area contributed by atoms with Crippen LogP contribution in [0.1, 0.15) is 19.5 Å². The molecule has 2 rings (SSSR count). The quantitative estimate of drug-likeness (QED) is 0.791. The molecule has 0 fully saturated rings. The van der Waals surface area contributed by atoms with Crippen LogP contribution in [0.5, 0.6) is 0 Å². The van der Waals surface area contributed by atoms with Crippen LogP contribution in [0.2, 0.25) is 0 Å². The van der Waals surface area contributed by atoms with E-state index in [1.54, 1.807) is 17.5 Å². The number of nitrogens with one attached hydrogen (secondary N) is 1. The summed E-state index contributed by atoms with van der Waals surface area (Å²) in [6.07, 6.45) is 2.08. The molecule has 4 nitrogen and oxygen atoms in total. The van der Waals surface area contributed by atoms with E-state index >= 15 is 0 Å². The van der Waals surface area contributed by atoms with E-state index in [2.05, 4.69) is 20.7 Å². The van der Waals surface area contributed by atoms with Crippen molar-refractivity contribution in [3.63, 3.8) is 0 Å². The summed E-state index contributed by atoms with van der Waals surface area (Å²) in [6.45, 7) is 6.42. The molecule has 2 heterocycles. The molecule has 2 aromatic heterocycles. The van der Waals surface area contributed by atoms with Gasteiger partial charge in [0, 0.05) is 24.7 Å². The predicted molar refractivity (Wildman–Crippen MR) is 78.1 cm³/mol. The highest BCUT2D eigenvalue weighted by Crippen LogP contribution is 2.20. The van der Waals surface area contributed by atoms with E-state index in [9.17, 15) is 0 Å². The second-order valence-corrected chi connectivity index (χ2v) is 5.31. The fourth-order valence-electron chi connectivity index (χ4n) is 1.58. The minimum atomic E-state index is 0.289. The molecule has 0 amide bonds. The molecule has 0 aliphatic heterocycles. The van der Waals surface area contributed by atoms with Crippen molar-refractivity contribution in [1.82, 2.24) is 15.3 Å². The fourth-order valence-corrected chi connectivity index (χ4v) is 2.37. The Balaban J connectivity index is 1.78. The Hall–Kier alpha value is -1.30. The van der Waals surface area contributed by atoms with Gasteiger partial charge in [-0.15, -0.1) is 11.3 Å². The first-order chi connectivity index (χ1) is 9.25. The zero-order valence-electron chi connectivity index (χ0n) is 11.3. The van der Waals surface area contributed by atoms with Crippen LogP contribution < -0.4 is 5.32 Å². The molecule has 0 aromatic carbocycles. The molecular weight excluding hydrogens is 258 g/mol. The summed E-state index contributed by atoms with van der Waals surface area (Å²) in [5.41, 5.74) is 1.98. The molecule has 0 aliphatic carbocycles. The van der Waals surface area contributed by atoms with Crippen LogP contribution in [-0.2, 0) is 11.3 Å². The maximum atomic E-state index is 5.46. The van der Waals surface area contributed by atoms with Gasteiger partial charge in [0.15, 0.2) is 0 Å². The molecule has 0 radical (unpaired) electrons. The third kappa shape index (κ3) is 4.70. The summed E-state index contributed by atoms with van der Waals surface area (Å²) < 4.78 is 5.46. The number of rotatable bonds is 7. The number of pyridine rings is 1. The third-order valence-electron chi connectivity index (χ3n) is 2.47. The summed E-state index contributed by atoms with van der Waals surface area (Å²) in [7, 11) is 0. The van der Waals surface area contributed by atoms with Crippen LogP contribution in [0, 0.1) is 0 Å². The molecule has 0 atom stereocenters. The smallest absolute Gasteiger partial charge is 0.142 e. The lowest BCUT2D eigenvalue weighted by molar-refractivity contribution is 0.0807. The van der Waals surface area contributed by atoms with E-state index in [-0.39, 0.29) is 6.10 Å². The minimum Gasteiger partial charge on any atom is -0.377 e. The lowest BCUT2D eigenvalue weighted by Crippen LogP contribution is -2.21. The summed E-state index contributed by atoms with van der Waals surface area (Å²) in [5, 5.41) is 6.36. The number of hydrogen-bond acceptors (Lipinski definition) is 5. The van der Waals surface area contributed by atoms with Crippen LogP contribution in [0.3, 0.4) is 0 Å². The van der Waals surface area contributed by atoms with Crippen LogP contribution in [0.15, 0.2) is 29.8 Å². The molecule has 0 unspecified atom stereocenters. The van der Waals surface area contributed by atoms with Crippen LogP contribution in [-0.4, -0.2) is 29.2 Å². The average molecular weight is 277 g/mol. The summed E-state index contributed by atoms with van der Waals surface area (Å²) >= 11 is 1.63. The van der Waals surface area contributed by atoms with E-state index in [0.29, 0.717) is 0 Å². The predicted octanol–water partition coefficient (Wildman–Crippen LogP) is 2.72. The first-order valence-electron chi connectivity index (χ1n) is 6.44. The number of aromatic nitrogens is 2. The molecule has 0 saturated heterocycles. The van der Waals surface area contributed by atoms with Gasteiger partial charge in [-0.2, -0.15) is 0 Å². The van der Waals surface area contributed by atoms with Gasteiger partial charge in [0.05, 0.1) is 24.1 Å². The normalized spacial score (nSPS) is 11.1. The molecular formula is C14H19N3OS. The first kappa shape index (κ1) is 14.1. The molecule has 0 saturated carbocycles. The Kier molecular flexibility index (Phi) is 5.44. The molecule has 19 heavy (non-hydrogen) atoms. The Morgan fingerprint density at radius 1 is 1.37 bits per heavy atom. The second-order valence-electron chi connectivity index (χ2n) is 4.46. The van der Waals surface area contributed by atoms with Gasteiger partial charge in [-0.25, -0.2) is 4.98 Å². The topological polar surface area (TPSA) is 47.0 Å². The molecule has 1 N–H and O–H groups in total. The highest BCUT2D eigenvalue weighted by Gasteiger charge is 2.04. The van der Waals surface area contributed by atoms with E-state index in [4.69, 9.17) is 4.74 Å². The van der Waals surface area contributed by atoms with Crippen LogP contribution in [0.4, 0.5) is 0 Å². The first-order valence-corrected chi connectivity index (χ1v) is 7.32. The van der Waals surface area contributed by atoms with Crippen LogP contribution >= 0.6 is 11.3 Å². The average Bonchev–Trinajstić information content (AvgIpc) is 2.88. The highest BCUT2D eigenvalue weighted by molar-refractivity contribution is 7.13. The fraction of sp³-hybridized carbons (Fsp3) is 0.429. The number of ether oxygens (including phenoxy) is 1. The summed E-state index contributed by atoms with van der Waals surface area (Å²) in [6, 6.07) is 5.87. The van der Waals surface area contributed by atoms with Gasteiger partial charge in [-0.05, 0) is 26.0 Å². The Morgan fingerprint density at radius 3 is 3.00 bits per heavy atom. The maximum absolute atomic E-state index is 5.46. The lowest BCUT2D eigenvalue weighted by atomic mass is 10.3.